The van der Waals surface area contributed by atoms with Gasteiger partial charge in [-0.1, -0.05) is 12.1 Å². The Morgan fingerprint density at radius 2 is 2.16 bits per heavy atom. The average Bonchev–Trinajstić information content (AvgIpc) is 2.39. The second-order valence-electron chi connectivity index (χ2n) is 4.38. The topological polar surface area (TPSA) is 41.1 Å². The van der Waals surface area contributed by atoms with Gasteiger partial charge < -0.3 is 10.2 Å². The summed E-state index contributed by atoms with van der Waals surface area (Å²) in [6.45, 7) is 1.27. The summed E-state index contributed by atoms with van der Waals surface area (Å²) >= 11 is 0. The molecule has 0 aliphatic carbocycles. The Morgan fingerprint density at radius 3 is 2.89 bits per heavy atom. The second kappa shape index (κ2) is 6.24. The van der Waals surface area contributed by atoms with E-state index in [4.69, 9.17) is 0 Å². The lowest BCUT2D eigenvalue weighted by molar-refractivity contribution is 0.625. The molecular weight excluding hydrogens is 243 g/mol. The highest BCUT2D eigenvalue weighted by Crippen LogP contribution is 2.12. The maximum atomic E-state index is 13.1. The fraction of sp³-hybridized carbons (Fsp3) is 0.286. The summed E-state index contributed by atoms with van der Waals surface area (Å²) < 4.78 is 13.1. The van der Waals surface area contributed by atoms with Crippen LogP contribution in [-0.2, 0) is 13.1 Å². The normalized spacial score (nSPS) is 10.5. The smallest absolute Gasteiger partial charge is 0.147 e. The van der Waals surface area contributed by atoms with E-state index in [0.717, 1.165) is 17.1 Å². The number of hydrogen-bond acceptors (Lipinski definition) is 4. The van der Waals surface area contributed by atoms with Crippen LogP contribution in [-0.4, -0.2) is 24.1 Å². The molecule has 4 nitrogen and oxygen atoms in total. The van der Waals surface area contributed by atoms with E-state index in [9.17, 15) is 4.39 Å². The third kappa shape index (κ3) is 3.72. The van der Waals surface area contributed by atoms with Gasteiger partial charge in [0, 0.05) is 26.3 Å². The van der Waals surface area contributed by atoms with E-state index in [1.165, 1.54) is 12.1 Å². The SMILES string of the molecule is CNCc1cncc(N(C)Cc2cccc(F)c2)n1. The summed E-state index contributed by atoms with van der Waals surface area (Å²) in [4.78, 5) is 10.6. The van der Waals surface area contributed by atoms with Gasteiger partial charge in [-0.05, 0) is 24.7 Å². The number of benzene rings is 1. The lowest BCUT2D eigenvalue weighted by atomic mass is 10.2. The molecule has 0 atom stereocenters. The Labute approximate surface area is 112 Å². The van der Waals surface area contributed by atoms with Gasteiger partial charge in [0.2, 0.25) is 0 Å². The minimum atomic E-state index is -0.221. The molecular formula is C14H17FN4. The molecule has 19 heavy (non-hydrogen) atoms. The fourth-order valence-electron chi connectivity index (χ4n) is 1.84. The number of hydrogen-bond donors (Lipinski definition) is 1. The molecule has 0 radical (unpaired) electrons. The molecule has 0 bridgehead atoms. The second-order valence-corrected chi connectivity index (χ2v) is 4.38. The Bertz CT molecular complexity index is 544. The molecule has 0 saturated carbocycles. The number of anilines is 1. The minimum absolute atomic E-state index is 0.221. The molecule has 0 aliphatic heterocycles. The first-order valence-electron chi connectivity index (χ1n) is 6.10. The highest BCUT2D eigenvalue weighted by atomic mass is 19.1. The molecule has 1 heterocycles. The van der Waals surface area contributed by atoms with Crippen molar-refractivity contribution in [3.63, 3.8) is 0 Å². The zero-order chi connectivity index (χ0) is 13.7. The Morgan fingerprint density at radius 1 is 1.32 bits per heavy atom. The van der Waals surface area contributed by atoms with E-state index in [1.807, 2.05) is 25.1 Å². The zero-order valence-electron chi connectivity index (χ0n) is 11.1. The number of halogens is 1. The van der Waals surface area contributed by atoms with Crippen LogP contribution in [0, 0.1) is 5.82 Å². The molecule has 2 aromatic rings. The van der Waals surface area contributed by atoms with Crippen molar-refractivity contribution in [3.8, 4) is 0 Å². The van der Waals surface area contributed by atoms with Gasteiger partial charge in [-0.15, -0.1) is 0 Å². The molecule has 0 saturated heterocycles. The zero-order valence-corrected chi connectivity index (χ0v) is 11.1. The van der Waals surface area contributed by atoms with Gasteiger partial charge in [-0.25, -0.2) is 9.37 Å². The molecule has 1 aromatic heterocycles. The van der Waals surface area contributed by atoms with Crippen molar-refractivity contribution in [1.82, 2.24) is 15.3 Å². The Balaban J connectivity index is 2.11. The van der Waals surface area contributed by atoms with Crippen molar-refractivity contribution >= 4 is 5.82 Å². The van der Waals surface area contributed by atoms with E-state index >= 15 is 0 Å². The molecule has 0 fully saturated rings. The van der Waals surface area contributed by atoms with Crippen molar-refractivity contribution in [1.29, 1.82) is 0 Å². The van der Waals surface area contributed by atoms with Gasteiger partial charge in [0.15, 0.2) is 0 Å². The molecule has 5 heteroatoms. The minimum Gasteiger partial charge on any atom is -0.354 e. The van der Waals surface area contributed by atoms with Crippen LogP contribution in [0.1, 0.15) is 11.3 Å². The van der Waals surface area contributed by atoms with E-state index in [2.05, 4.69) is 15.3 Å². The summed E-state index contributed by atoms with van der Waals surface area (Å²) in [6, 6.07) is 6.57. The van der Waals surface area contributed by atoms with Crippen molar-refractivity contribution in [2.45, 2.75) is 13.1 Å². The van der Waals surface area contributed by atoms with Crippen molar-refractivity contribution in [2.75, 3.05) is 19.0 Å². The van der Waals surface area contributed by atoms with Crippen LogP contribution in [0.25, 0.3) is 0 Å². The van der Waals surface area contributed by atoms with E-state index in [-0.39, 0.29) is 5.82 Å². The summed E-state index contributed by atoms with van der Waals surface area (Å²) in [6.07, 6.45) is 3.44. The third-order valence-electron chi connectivity index (χ3n) is 2.73. The Hall–Kier alpha value is -2.01. The molecule has 0 unspecified atom stereocenters. The standard InChI is InChI=1S/C14H17FN4/c1-16-7-13-8-17-9-14(18-13)19(2)10-11-4-3-5-12(15)6-11/h3-6,8-9,16H,7,10H2,1-2H3. The number of nitrogens with zero attached hydrogens (tertiary/aromatic N) is 3. The van der Waals surface area contributed by atoms with Crippen LogP contribution in [0.4, 0.5) is 10.2 Å². The van der Waals surface area contributed by atoms with E-state index < -0.39 is 0 Å². The summed E-state index contributed by atoms with van der Waals surface area (Å²) in [5.41, 5.74) is 1.79. The molecule has 1 N–H and O–H groups in total. The molecule has 0 amide bonds. The predicted octanol–water partition coefficient (Wildman–Crippen LogP) is 1.97. The summed E-state index contributed by atoms with van der Waals surface area (Å²) in [7, 11) is 3.78. The quantitative estimate of drug-likeness (QED) is 0.892. The first-order chi connectivity index (χ1) is 9.19. The summed E-state index contributed by atoms with van der Waals surface area (Å²) in [5, 5.41) is 3.04. The van der Waals surface area contributed by atoms with Gasteiger partial charge >= 0.3 is 0 Å². The average molecular weight is 260 g/mol. The monoisotopic (exact) mass is 260 g/mol. The fourth-order valence-corrected chi connectivity index (χ4v) is 1.84. The van der Waals surface area contributed by atoms with Crippen LogP contribution < -0.4 is 10.2 Å². The van der Waals surface area contributed by atoms with Gasteiger partial charge in [0.25, 0.3) is 0 Å². The van der Waals surface area contributed by atoms with E-state index in [0.29, 0.717) is 13.1 Å². The van der Waals surface area contributed by atoms with Gasteiger partial charge in [0.05, 0.1) is 11.9 Å². The maximum Gasteiger partial charge on any atom is 0.147 e. The van der Waals surface area contributed by atoms with Gasteiger partial charge in [0.1, 0.15) is 11.6 Å². The molecule has 0 aliphatic rings. The molecule has 0 spiro atoms. The molecule has 2 rings (SSSR count). The van der Waals surface area contributed by atoms with Crippen LogP contribution in [0.2, 0.25) is 0 Å². The van der Waals surface area contributed by atoms with Crippen molar-refractivity contribution in [3.05, 3.63) is 53.7 Å². The summed E-state index contributed by atoms with van der Waals surface area (Å²) in [5.74, 6) is 0.554. The third-order valence-corrected chi connectivity index (χ3v) is 2.73. The number of aromatic nitrogens is 2. The maximum absolute atomic E-state index is 13.1. The highest BCUT2D eigenvalue weighted by Gasteiger charge is 2.06. The van der Waals surface area contributed by atoms with Crippen LogP contribution in [0.15, 0.2) is 36.7 Å². The van der Waals surface area contributed by atoms with Gasteiger partial charge in [-0.2, -0.15) is 0 Å². The number of nitrogens with one attached hydrogen (secondary N) is 1. The lowest BCUT2D eigenvalue weighted by Crippen LogP contribution is -2.19. The molecule has 1 aromatic carbocycles. The van der Waals surface area contributed by atoms with E-state index in [1.54, 1.807) is 18.5 Å². The van der Waals surface area contributed by atoms with Crippen molar-refractivity contribution < 1.29 is 4.39 Å². The van der Waals surface area contributed by atoms with Crippen LogP contribution in [0.5, 0.6) is 0 Å². The molecule has 100 valence electrons. The van der Waals surface area contributed by atoms with Crippen LogP contribution >= 0.6 is 0 Å². The number of rotatable bonds is 5. The first kappa shape index (κ1) is 13.4. The predicted molar refractivity (Wildman–Crippen MR) is 73.3 cm³/mol. The highest BCUT2D eigenvalue weighted by molar-refractivity contribution is 5.36. The van der Waals surface area contributed by atoms with Crippen molar-refractivity contribution in [2.24, 2.45) is 0 Å². The largest absolute Gasteiger partial charge is 0.354 e. The van der Waals surface area contributed by atoms with Gasteiger partial charge in [-0.3, -0.25) is 4.98 Å². The lowest BCUT2D eigenvalue weighted by Gasteiger charge is -2.18. The van der Waals surface area contributed by atoms with Crippen LogP contribution in [0.3, 0.4) is 0 Å². The Kier molecular flexibility index (Phi) is 4.41. The first-order valence-corrected chi connectivity index (χ1v) is 6.10.